The second-order valence-corrected chi connectivity index (χ2v) is 4.90. The highest BCUT2D eigenvalue weighted by atomic mass is 35.5. The van der Waals surface area contributed by atoms with Gasteiger partial charge in [-0.25, -0.2) is 4.79 Å². The number of hydrogen-bond acceptors (Lipinski definition) is 3. The van der Waals surface area contributed by atoms with Crippen molar-refractivity contribution in [1.29, 1.82) is 5.41 Å². The standard InChI is InChI=1S/C13H17ClN2O2/c1-8(16(2)3)6-12(15)10-5-4-9(13(17)18)7-11(10)14/h4-5,7-8,15H,6H2,1-3H3,(H,17,18). The van der Waals surface area contributed by atoms with Gasteiger partial charge in [-0.3, -0.25) is 0 Å². The zero-order valence-electron chi connectivity index (χ0n) is 10.7. The van der Waals surface area contributed by atoms with Gasteiger partial charge in [-0.2, -0.15) is 0 Å². The third-order valence-corrected chi connectivity index (χ3v) is 3.23. The van der Waals surface area contributed by atoms with Crippen molar-refractivity contribution in [3.63, 3.8) is 0 Å². The lowest BCUT2D eigenvalue weighted by Crippen LogP contribution is -2.27. The zero-order chi connectivity index (χ0) is 13.9. The van der Waals surface area contributed by atoms with Gasteiger partial charge in [0.15, 0.2) is 0 Å². The molecule has 0 saturated heterocycles. The first-order chi connectivity index (χ1) is 8.32. The lowest BCUT2D eigenvalue weighted by Gasteiger charge is -2.20. The first kappa shape index (κ1) is 14.7. The van der Waals surface area contributed by atoms with E-state index in [0.717, 1.165) is 0 Å². The SMILES string of the molecule is CC(CC(=N)c1ccc(C(=O)O)cc1Cl)N(C)C. The van der Waals surface area contributed by atoms with Crippen LogP contribution in [-0.4, -0.2) is 41.8 Å². The van der Waals surface area contributed by atoms with Gasteiger partial charge in [-0.05, 0) is 33.2 Å². The normalized spacial score (nSPS) is 12.5. The maximum atomic E-state index is 10.8. The molecule has 0 aliphatic heterocycles. The molecule has 0 spiro atoms. The van der Waals surface area contributed by atoms with E-state index in [4.69, 9.17) is 22.1 Å². The number of carbonyl (C=O) groups is 1. The van der Waals surface area contributed by atoms with Crippen molar-refractivity contribution < 1.29 is 9.90 Å². The zero-order valence-corrected chi connectivity index (χ0v) is 11.5. The molecule has 5 heteroatoms. The Hall–Kier alpha value is -1.39. The van der Waals surface area contributed by atoms with E-state index < -0.39 is 5.97 Å². The molecule has 1 aromatic carbocycles. The number of aromatic carboxylic acids is 1. The maximum absolute atomic E-state index is 10.8. The monoisotopic (exact) mass is 268 g/mol. The van der Waals surface area contributed by atoms with Crippen LogP contribution in [0, 0.1) is 5.41 Å². The molecule has 0 aromatic heterocycles. The molecule has 0 saturated carbocycles. The highest BCUT2D eigenvalue weighted by Crippen LogP contribution is 2.20. The average molecular weight is 269 g/mol. The van der Waals surface area contributed by atoms with Gasteiger partial charge in [0.25, 0.3) is 0 Å². The van der Waals surface area contributed by atoms with Crippen molar-refractivity contribution in [1.82, 2.24) is 4.90 Å². The van der Waals surface area contributed by atoms with Gasteiger partial charge in [0.1, 0.15) is 0 Å². The van der Waals surface area contributed by atoms with Crippen LogP contribution in [0.1, 0.15) is 29.3 Å². The molecule has 0 bridgehead atoms. The molecule has 98 valence electrons. The van der Waals surface area contributed by atoms with Crippen LogP contribution in [-0.2, 0) is 0 Å². The number of carboxylic acid groups (broad SMARTS) is 1. The van der Waals surface area contributed by atoms with Gasteiger partial charge in [0.2, 0.25) is 0 Å². The quantitative estimate of drug-likeness (QED) is 0.807. The Balaban J connectivity index is 2.90. The van der Waals surface area contributed by atoms with Gasteiger partial charge < -0.3 is 15.4 Å². The lowest BCUT2D eigenvalue weighted by atomic mass is 10.0. The predicted octanol–water partition coefficient (Wildman–Crippen LogP) is 2.75. The first-order valence-electron chi connectivity index (χ1n) is 5.60. The molecule has 0 heterocycles. The predicted molar refractivity (Wildman–Crippen MR) is 73.0 cm³/mol. The molecule has 1 rings (SSSR count). The van der Waals surface area contributed by atoms with Crippen LogP contribution in [0.25, 0.3) is 0 Å². The van der Waals surface area contributed by atoms with E-state index in [2.05, 4.69) is 0 Å². The van der Waals surface area contributed by atoms with E-state index in [1.165, 1.54) is 12.1 Å². The molecule has 2 N–H and O–H groups in total. The molecular weight excluding hydrogens is 252 g/mol. The Labute approximate surface area is 112 Å². The summed E-state index contributed by atoms with van der Waals surface area (Å²) in [5.74, 6) is -1.02. The van der Waals surface area contributed by atoms with Crippen LogP contribution < -0.4 is 0 Å². The molecule has 1 atom stereocenters. The fourth-order valence-electron chi connectivity index (χ4n) is 1.48. The molecule has 0 radical (unpaired) electrons. The summed E-state index contributed by atoms with van der Waals surface area (Å²) in [7, 11) is 3.90. The summed E-state index contributed by atoms with van der Waals surface area (Å²) in [4.78, 5) is 12.8. The number of hydrogen-bond donors (Lipinski definition) is 2. The molecule has 1 unspecified atom stereocenters. The van der Waals surface area contributed by atoms with Crippen molar-refractivity contribution in [3.05, 3.63) is 34.3 Å². The van der Waals surface area contributed by atoms with E-state index in [1.807, 2.05) is 25.9 Å². The summed E-state index contributed by atoms with van der Waals surface area (Å²) in [6.45, 7) is 2.02. The van der Waals surface area contributed by atoms with Gasteiger partial charge in [-0.15, -0.1) is 0 Å². The van der Waals surface area contributed by atoms with E-state index in [9.17, 15) is 4.79 Å². The minimum atomic E-state index is -1.02. The second kappa shape index (κ2) is 5.98. The maximum Gasteiger partial charge on any atom is 0.335 e. The van der Waals surface area contributed by atoms with Crippen molar-refractivity contribution >= 4 is 23.3 Å². The Morgan fingerprint density at radius 2 is 2.11 bits per heavy atom. The van der Waals surface area contributed by atoms with Crippen LogP contribution >= 0.6 is 11.6 Å². The van der Waals surface area contributed by atoms with E-state index in [0.29, 0.717) is 22.7 Å². The fourth-order valence-corrected chi connectivity index (χ4v) is 1.78. The first-order valence-corrected chi connectivity index (χ1v) is 5.97. The second-order valence-electron chi connectivity index (χ2n) is 4.50. The Kier molecular flexibility index (Phi) is 4.87. The molecule has 1 aromatic rings. The number of halogens is 1. The smallest absolute Gasteiger partial charge is 0.335 e. The molecule has 4 nitrogen and oxygen atoms in total. The highest BCUT2D eigenvalue weighted by Gasteiger charge is 2.14. The van der Waals surface area contributed by atoms with Crippen LogP contribution in [0.2, 0.25) is 5.02 Å². The fraction of sp³-hybridized carbons (Fsp3) is 0.385. The molecular formula is C13H17ClN2O2. The summed E-state index contributed by atoms with van der Waals surface area (Å²) in [6, 6.07) is 4.68. The molecule has 0 amide bonds. The number of benzene rings is 1. The molecule has 0 aliphatic rings. The summed E-state index contributed by atoms with van der Waals surface area (Å²) < 4.78 is 0. The minimum Gasteiger partial charge on any atom is -0.478 e. The van der Waals surface area contributed by atoms with Gasteiger partial charge in [0, 0.05) is 23.7 Å². The number of nitrogens with one attached hydrogen (secondary N) is 1. The Morgan fingerprint density at radius 1 is 1.50 bits per heavy atom. The summed E-state index contributed by atoms with van der Waals surface area (Å²) in [5.41, 5.74) is 1.14. The van der Waals surface area contributed by atoms with Crippen LogP contribution in [0.5, 0.6) is 0 Å². The Bertz CT molecular complexity index is 472. The van der Waals surface area contributed by atoms with Crippen molar-refractivity contribution in [2.75, 3.05) is 14.1 Å². The van der Waals surface area contributed by atoms with Crippen LogP contribution in [0.15, 0.2) is 18.2 Å². The largest absolute Gasteiger partial charge is 0.478 e. The van der Waals surface area contributed by atoms with E-state index in [-0.39, 0.29) is 11.6 Å². The summed E-state index contributed by atoms with van der Waals surface area (Å²) >= 11 is 6.01. The van der Waals surface area contributed by atoms with Crippen molar-refractivity contribution in [2.45, 2.75) is 19.4 Å². The highest BCUT2D eigenvalue weighted by molar-refractivity contribution is 6.34. The third kappa shape index (κ3) is 3.55. The van der Waals surface area contributed by atoms with E-state index >= 15 is 0 Å². The van der Waals surface area contributed by atoms with Crippen molar-refractivity contribution in [3.8, 4) is 0 Å². The number of carboxylic acids is 1. The van der Waals surface area contributed by atoms with Gasteiger partial charge >= 0.3 is 5.97 Å². The van der Waals surface area contributed by atoms with Gasteiger partial charge in [0.05, 0.1) is 10.6 Å². The average Bonchev–Trinajstić information content (AvgIpc) is 2.28. The van der Waals surface area contributed by atoms with Crippen LogP contribution in [0.4, 0.5) is 0 Å². The summed E-state index contributed by atoms with van der Waals surface area (Å²) in [6.07, 6.45) is 0.569. The molecule has 18 heavy (non-hydrogen) atoms. The van der Waals surface area contributed by atoms with Crippen molar-refractivity contribution in [2.24, 2.45) is 0 Å². The lowest BCUT2D eigenvalue weighted by molar-refractivity contribution is 0.0697. The van der Waals surface area contributed by atoms with Gasteiger partial charge in [-0.1, -0.05) is 17.7 Å². The van der Waals surface area contributed by atoms with E-state index in [1.54, 1.807) is 6.07 Å². The van der Waals surface area contributed by atoms with Crippen LogP contribution in [0.3, 0.4) is 0 Å². The minimum absolute atomic E-state index is 0.136. The molecule has 0 aliphatic carbocycles. The Morgan fingerprint density at radius 3 is 2.56 bits per heavy atom. The molecule has 0 fully saturated rings. The topological polar surface area (TPSA) is 64.4 Å². The number of nitrogens with zero attached hydrogens (tertiary/aromatic N) is 1. The number of rotatable bonds is 5. The third-order valence-electron chi connectivity index (χ3n) is 2.92. The summed E-state index contributed by atoms with van der Waals surface area (Å²) in [5, 5.41) is 17.2.